The van der Waals surface area contributed by atoms with Crippen molar-refractivity contribution in [2.75, 3.05) is 33.2 Å². The van der Waals surface area contributed by atoms with Crippen LogP contribution in [0.1, 0.15) is 19.8 Å². The Hall–Kier alpha value is 0.120. The fraction of sp³-hybridized carbons (Fsp3) is 1.00. The number of nitrogens with one attached hydrogen (secondary N) is 2. The highest BCUT2D eigenvalue weighted by atomic mass is 35.5. The van der Waals surface area contributed by atoms with E-state index in [1.54, 1.807) is 4.31 Å². The summed E-state index contributed by atoms with van der Waals surface area (Å²) in [7, 11) is -1.32. The molecule has 0 aliphatic carbocycles. The Kier molecular flexibility index (Phi) is 7.50. The lowest BCUT2D eigenvalue weighted by Crippen LogP contribution is -2.40. The predicted octanol–water partition coefficient (Wildman–Crippen LogP) is 0.194. The van der Waals surface area contributed by atoms with Crippen molar-refractivity contribution < 1.29 is 8.42 Å². The first kappa shape index (κ1) is 16.1. The van der Waals surface area contributed by atoms with Gasteiger partial charge in [0, 0.05) is 19.6 Å². The highest BCUT2D eigenvalue weighted by molar-refractivity contribution is 7.87. The van der Waals surface area contributed by atoms with Gasteiger partial charge in [-0.3, -0.25) is 0 Å². The summed E-state index contributed by atoms with van der Waals surface area (Å²) in [5, 5.41) is 3.08. The van der Waals surface area contributed by atoms with Gasteiger partial charge in [0.1, 0.15) is 0 Å². The van der Waals surface area contributed by atoms with Gasteiger partial charge in [0.2, 0.25) is 0 Å². The monoisotopic (exact) mass is 271 g/mol. The molecule has 0 aromatic rings. The first-order chi connectivity index (χ1) is 7.10. The van der Waals surface area contributed by atoms with Crippen LogP contribution in [-0.2, 0) is 10.2 Å². The number of nitrogens with zero attached hydrogens (tertiary/aromatic N) is 1. The van der Waals surface area contributed by atoms with E-state index in [9.17, 15) is 8.42 Å². The van der Waals surface area contributed by atoms with Gasteiger partial charge < -0.3 is 5.32 Å². The van der Waals surface area contributed by atoms with Crippen LogP contribution in [0, 0.1) is 5.92 Å². The van der Waals surface area contributed by atoms with Gasteiger partial charge in [0.05, 0.1) is 0 Å². The molecule has 0 amide bonds. The van der Waals surface area contributed by atoms with E-state index in [-0.39, 0.29) is 12.4 Å². The zero-order chi connectivity index (χ0) is 11.3. The van der Waals surface area contributed by atoms with E-state index in [4.69, 9.17) is 0 Å². The molecule has 0 spiro atoms. The van der Waals surface area contributed by atoms with E-state index in [0.717, 1.165) is 19.4 Å². The summed E-state index contributed by atoms with van der Waals surface area (Å²) in [6, 6.07) is 0. The fourth-order valence-electron chi connectivity index (χ4n) is 1.79. The van der Waals surface area contributed by atoms with Crippen LogP contribution in [0.2, 0.25) is 0 Å². The molecule has 1 heterocycles. The topological polar surface area (TPSA) is 61.4 Å². The van der Waals surface area contributed by atoms with Gasteiger partial charge in [-0.15, -0.1) is 12.4 Å². The second-order valence-corrected chi connectivity index (χ2v) is 5.72. The van der Waals surface area contributed by atoms with E-state index >= 15 is 0 Å². The van der Waals surface area contributed by atoms with E-state index < -0.39 is 10.2 Å². The van der Waals surface area contributed by atoms with Crippen molar-refractivity contribution in [2.45, 2.75) is 19.8 Å². The molecule has 1 aliphatic heterocycles. The molecule has 16 heavy (non-hydrogen) atoms. The third-order valence-corrected chi connectivity index (χ3v) is 4.20. The van der Waals surface area contributed by atoms with Gasteiger partial charge in [-0.1, -0.05) is 6.92 Å². The average Bonchev–Trinajstić information content (AvgIpc) is 2.65. The van der Waals surface area contributed by atoms with Crippen LogP contribution >= 0.6 is 12.4 Å². The van der Waals surface area contributed by atoms with Crippen LogP contribution in [0.3, 0.4) is 0 Å². The van der Waals surface area contributed by atoms with Crippen molar-refractivity contribution >= 4 is 22.6 Å². The lowest BCUT2D eigenvalue weighted by molar-refractivity contribution is 0.442. The Morgan fingerprint density at radius 3 is 2.69 bits per heavy atom. The standard InChI is InChI=1S/C9H21N3O2S.ClH/c1-3-5-11-15(13,14)12-6-4-9(8-12)7-10-2;/h9-11H,3-8H2,1-2H3;1H. The van der Waals surface area contributed by atoms with Crippen molar-refractivity contribution in [1.29, 1.82) is 0 Å². The minimum Gasteiger partial charge on any atom is -0.319 e. The first-order valence-corrected chi connectivity index (χ1v) is 6.93. The molecule has 1 atom stereocenters. The average molecular weight is 272 g/mol. The van der Waals surface area contributed by atoms with Crippen LogP contribution < -0.4 is 10.0 Å². The molecule has 1 saturated heterocycles. The van der Waals surface area contributed by atoms with Crippen molar-refractivity contribution in [3.05, 3.63) is 0 Å². The quantitative estimate of drug-likeness (QED) is 0.725. The normalized spacial score (nSPS) is 22.0. The van der Waals surface area contributed by atoms with Crippen LogP contribution in [0.25, 0.3) is 0 Å². The van der Waals surface area contributed by atoms with Gasteiger partial charge in [-0.25, -0.2) is 4.72 Å². The number of rotatable bonds is 6. The minimum absolute atomic E-state index is 0. The zero-order valence-electron chi connectivity index (χ0n) is 9.90. The SMILES string of the molecule is CCCNS(=O)(=O)N1CCC(CNC)C1.Cl. The van der Waals surface area contributed by atoms with E-state index in [1.807, 2.05) is 14.0 Å². The zero-order valence-corrected chi connectivity index (χ0v) is 11.5. The Morgan fingerprint density at radius 2 is 2.12 bits per heavy atom. The highest BCUT2D eigenvalue weighted by Crippen LogP contribution is 2.17. The molecule has 98 valence electrons. The summed E-state index contributed by atoms with van der Waals surface area (Å²) in [6.07, 6.45) is 1.78. The summed E-state index contributed by atoms with van der Waals surface area (Å²) in [5.74, 6) is 0.452. The van der Waals surface area contributed by atoms with Crippen LogP contribution in [-0.4, -0.2) is 45.9 Å². The Labute approximate surface area is 105 Å². The molecule has 5 nitrogen and oxygen atoms in total. The summed E-state index contributed by atoms with van der Waals surface area (Å²) >= 11 is 0. The molecule has 0 aromatic heterocycles. The largest absolute Gasteiger partial charge is 0.319 e. The molecule has 0 bridgehead atoms. The van der Waals surface area contributed by atoms with Crippen LogP contribution in [0.15, 0.2) is 0 Å². The molecule has 1 fully saturated rings. The maximum absolute atomic E-state index is 11.7. The molecular weight excluding hydrogens is 250 g/mol. The Morgan fingerprint density at radius 1 is 1.44 bits per heavy atom. The van der Waals surface area contributed by atoms with Gasteiger partial charge >= 0.3 is 0 Å². The number of halogens is 1. The summed E-state index contributed by atoms with van der Waals surface area (Å²) in [4.78, 5) is 0. The molecule has 1 aliphatic rings. The third kappa shape index (κ3) is 4.55. The first-order valence-electron chi connectivity index (χ1n) is 5.49. The molecule has 0 saturated carbocycles. The van der Waals surface area contributed by atoms with Gasteiger partial charge in [0.25, 0.3) is 10.2 Å². The van der Waals surface area contributed by atoms with Crippen molar-refractivity contribution in [2.24, 2.45) is 5.92 Å². The number of hydrogen-bond acceptors (Lipinski definition) is 3. The van der Waals surface area contributed by atoms with E-state index in [0.29, 0.717) is 25.6 Å². The van der Waals surface area contributed by atoms with Gasteiger partial charge in [0.15, 0.2) is 0 Å². The molecule has 1 rings (SSSR count). The van der Waals surface area contributed by atoms with Crippen molar-refractivity contribution in [3.63, 3.8) is 0 Å². The van der Waals surface area contributed by atoms with Crippen LogP contribution in [0.4, 0.5) is 0 Å². The molecule has 0 aromatic carbocycles. The molecule has 0 radical (unpaired) electrons. The molecule has 7 heteroatoms. The molecule has 2 N–H and O–H groups in total. The van der Waals surface area contributed by atoms with Gasteiger partial charge in [-0.2, -0.15) is 12.7 Å². The van der Waals surface area contributed by atoms with Crippen molar-refractivity contribution in [1.82, 2.24) is 14.3 Å². The maximum Gasteiger partial charge on any atom is 0.279 e. The predicted molar refractivity (Wildman–Crippen MR) is 68.1 cm³/mol. The van der Waals surface area contributed by atoms with E-state index in [1.165, 1.54) is 0 Å². The van der Waals surface area contributed by atoms with Crippen LogP contribution in [0.5, 0.6) is 0 Å². The molecular formula is C9H22ClN3O2S. The van der Waals surface area contributed by atoms with E-state index in [2.05, 4.69) is 10.0 Å². The van der Waals surface area contributed by atoms with Gasteiger partial charge in [-0.05, 0) is 32.4 Å². The highest BCUT2D eigenvalue weighted by Gasteiger charge is 2.30. The number of hydrogen-bond donors (Lipinski definition) is 2. The fourth-order valence-corrected chi connectivity index (χ4v) is 3.19. The molecule has 1 unspecified atom stereocenters. The summed E-state index contributed by atoms with van der Waals surface area (Å²) in [6.45, 7) is 4.65. The summed E-state index contributed by atoms with van der Waals surface area (Å²) < 4.78 is 27.6. The lowest BCUT2D eigenvalue weighted by atomic mass is 10.1. The minimum atomic E-state index is -3.22. The Balaban J connectivity index is 0.00000225. The maximum atomic E-state index is 11.7. The second-order valence-electron chi connectivity index (χ2n) is 3.97. The second kappa shape index (κ2) is 7.45. The lowest BCUT2D eigenvalue weighted by Gasteiger charge is -2.16. The summed E-state index contributed by atoms with van der Waals surface area (Å²) in [5.41, 5.74) is 0. The smallest absolute Gasteiger partial charge is 0.279 e. The third-order valence-electron chi connectivity index (χ3n) is 2.62. The van der Waals surface area contributed by atoms with Crippen molar-refractivity contribution in [3.8, 4) is 0 Å². The Bertz CT molecular complexity index is 284.